The Morgan fingerprint density at radius 2 is 1.79 bits per heavy atom. The molecule has 0 atom stereocenters. The molecule has 0 aromatic heterocycles. The van der Waals surface area contributed by atoms with Crippen LogP contribution >= 0.6 is 11.6 Å². The van der Waals surface area contributed by atoms with E-state index in [4.69, 9.17) is 16.4 Å². The van der Waals surface area contributed by atoms with Crippen molar-refractivity contribution in [2.45, 2.75) is 47.5 Å². The summed E-state index contributed by atoms with van der Waals surface area (Å²) in [5.74, 6) is -2.44. The van der Waals surface area contributed by atoms with E-state index in [9.17, 15) is 13.6 Å². The van der Waals surface area contributed by atoms with E-state index in [0.717, 1.165) is 24.5 Å². The van der Waals surface area contributed by atoms with Crippen LogP contribution in [-0.2, 0) is 4.84 Å². The number of anilines is 2. The highest BCUT2D eigenvalue weighted by Gasteiger charge is 2.23. The summed E-state index contributed by atoms with van der Waals surface area (Å²) in [6, 6.07) is 7.17. The summed E-state index contributed by atoms with van der Waals surface area (Å²) in [5, 5.41) is 3.04. The lowest BCUT2D eigenvalue weighted by Crippen LogP contribution is -2.26. The predicted molar refractivity (Wildman–Crippen MR) is 115 cm³/mol. The van der Waals surface area contributed by atoms with Gasteiger partial charge in [0, 0.05) is 0 Å². The van der Waals surface area contributed by atoms with Gasteiger partial charge in [-0.15, -0.1) is 0 Å². The zero-order valence-electron chi connectivity index (χ0n) is 17.5. The minimum atomic E-state index is -1.16. The van der Waals surface area contributed by atoms with Gasteiger partial charge in [0.2, 0.25) is 0 Å². The van der Waals surface area contributed by atoms with Gasteiger partial charge < -0.3 is 5.32 Å². The molecule has 3 rings (SSSR count). The standard InChI is InChI=1S/C18H17ClF2N2O2.2C2H6/c1-10-2-7-15(13(19)8-10)22-17-12(5-6-14(20)16(17)21)18(24)23-25-9-11-3-4-11;2*1-2/h2,5-8,11,22H,3-4,9H2,1H3,(H,23,24);2*1-2H3. The molecule has 1 aliphatic rings. The molecule has 0 heterocycles. The number of hydroxylamine groups is 1. The van der Waals surface area contributed by atoms with Gasteiger partial charge in [-0.2, -0.15) is 0 Å². The van der Waals surface area contributed by atoms with Crippen molar-refractivity contribution < 1.29 is 18.4 Å². The SMILES string of the molecule is CC.CC.Cc1ccc(Nc2c(C(=O)NOCC3CC3)ccc(F)c2F)c(Cl)c1. The fourth-order valence-corrected chi connectivity index (χ4v) is 2.57. The molecule has 2 aromatic rings. The maximum Gasteiger partial charge on any atom is 0.277 e. The first kappa shape index (κ1) is 24.9. The smallest absolute Gasteiger partial charge is 0.277 e. The molecular formula is C22H29ClF2N2O2. The average Bonchev–Trinajstić information content (AvgIpc) is 3.55. The van der Waals surface area contributed by atoms with E-state index in [-0.39, 0.29) is 11.3 Å². The van der Waals surface area contributed by atoms with E-state index in [1.807, 2.05) is 34.6 Å². The predicted octanol–water partition coefficient (Wildman–Crippen LogP) is 6.79. The van der Waals surface area contributed by atoms with Gasteiger partial charge in [-0.1, -0.05) is 45.4 Å². The Kier molecular flexibility index (Phi) is 10.6. The van der Waals surface area contributed by atoms with E-state index in [1.165, 1.54) is 6.07 Å². The van der Waals surface area contributed by atoms with Crippen LogP contribution in [0.1, 0.15) is 56.5 Å². The van der Waals surface area contributed by atoms with Crippen LogP contribution in [0, 0.1) is 24.5 Å². The van der Waals surface area contributed by atoms with E-state index < -0.39 is 17.5 Å². The molecule has 0 unspecified atom stereocenters. The van der Waals surface area contributed by atoms with Crippen LogP contribution in [0.2, 0.25) is 5.02 Å². The number of rotatable bonds is 6. The van der Waals surface area contributed by atoms with Crippen LogP contribution in [0.4, 0.5) is 20.2 Å². The fraction of sp³-hybridized carbons (Fsp3) is 0.409. The molecule has 1 aliphatic carbocycles. The monoisotopic (exact) mass is 426 g/mol. The summed E-state index contributed by atoms with van der Waals surface area (Å²) in [6.07, 6.45) is 2.14. The van der Waals surface area contributed by atoms with Crippen molar-refractivity contribution in [3.05, 3.63) is 58.1 Å². The van der Waals surface area contributed by atoms with E-state index in [2.05, 4.69) is 10.8 Å². The first-order valence-electron chi connectivity index (χ1n) is 9.89. The van der Waals surface area contributed by atoms with E-state index >= 15 is 0 Å². The van der Waals surface area contributed by atoms with Crippen LogP contribution in [0.25, 0.3) is 0 Å². The minimum Gasteiger partial charge on any atom is -0.351 e. The fourth-order valence-electron chi connectivity index (χ4n) is 2.28. The van der Waals surface area contributed by atoms with Crippen molar-refractivity contribution in [3.8, 4) is 0 Å². The van der Waals surface area contributed by atoms with Gasteiger partial charge >= 0.3 is 0 Å². The van der Waals surface area contributed by atoms with E-state index in [0.29, 0.717) is 23.2 Å². The largest absolute Gasteiger partial charge is 0.351 e. The van der Waals surface area contributed by atoms with Gasteiger partial charge in [-0.05, 0) is 55.5 Å². The molecule has 160 valence electrons. The molecule has 0 radical (unpaired) electrons. The number of aryl methyl sites for hydroxylation is 1. The normalized spacial score (nSPS) is 12.1. The highest BCUT2D eigenvalue weighted by Crippen LogP contribution is 2.31. The molecular weight excluding hydrogens is 398 g/mol. The van der Waals surface area contributed by atoms with Crippen LogP contribution in [-0.4, -0.2) is 12.5 Å². The molecule has 2 aromatic carbocycles. The maximum absolute atomic E-state index is 14.3. The lowest BCUT2D eigenvalue weighted by atomic mass is 10.1. The second-order valence-corrected chi connectivity index (χ2v) is 6.48. The van der Waals surface area contributed by atoms with Crippen molar-refractivity contribution in [1.29, 1.82) is 0 Å². The summed E-state index contributed by atoms with van der Waals surface area (Å²) in [4.78, 5) is 17.4. The zero-order chi connectivity index (χ0) is 22.0. The van der Waals surface area contributed by atoms with Gasteiger partial charge in [0.15, 0.2) is 11.6 Å². The Bertz CT molecular complexity index is 812. The Morgan fingerprint density at radius 3 is 2.38 bits per heavy atom. The van der Waals surface area contributed by atoms with Crippen LogP contribution in [0.5, 0.6) is 0 Å². The molecule has 7 heteroatoms. The number of hydrogen-bond acceptors (Lipinski definition) is 3. The Hall–Kier alpha value is -2.18. The quantitative estimate of drug-likeness (QED) is 0.499. The van der Waals surface area contributed by atoms with Crippen molar-refractivity contribution in [2.24, 2.45) is 5.92 Å². The second-order valence-electron chi connectivity index (χ2n) is 6.08. The Morgan fingerprint density at radius 1 is 1.14 bits per heavy atom. The number of hydrogen-bond donors (Lipinski definition) is 2. The van der Waals surface area contributed by atoms with Crippen LogP contribution in [0.3, 0.4) is 0 Å². The van der Waals surface area contributed by atoms with Gasteiger partial charge in [0.25, 0.3) is 5.91 Å². The molecule has 0 bridgehead atoms. The number of halogens is 3. The summed E-state index contributed by atoms with van der Waals surface area (Å²) in [5.41, 5.74) is 3.18. The zero-order valence-corrected chi connectivity index (χ0v) is 18.3. The van der Waals surface area contributed by atoms with Crippen molar-refractivity contribution >= 4 is 28.9 Å². The highest BCUT2D eigenvalue weighted by atomic mass is 35.5. The molecule has 29 heavy (non-hydrogen) atoms. The first-order chi connectivity index (χ1) is 14.0. The molecule has 4 nitrogen and oxygen atoms in total. The molecule has 1 amide bonds. The summed E-state index contributed by atoms with van der Waals surface area (Å²) in [6.45, 7) is 10.3. The number of carbonyl (C=O) groups is 1. The molecule has 0 saturated heterocycles. The Labute approximate surface area is 176 Å². The average molecular weight is 427 g/mol. The number of nitrogens with one attached hydrogen (secondary N) is 2. The molecule has 0 spiro atoms. The van der Waals surface area contributed by atoms with Crippen LogP contribution in [0.15, 0.2) is 30.3 Å². The first-order valence-corrected chi connectivity index (χ1v) is 10.3. The molecule has 1 saturated carbocycles. The van der Waals surface area contributed by atoms with Gasteiger partial charge in [0.05, 0.1) is 28.6 Å². The summed E-state index contributed by atoms with van der Waals surface area (Å²) in [7, 11) is 0. The third kappa shape index (κ3) is 7.29. The lowest BCUT2D eigenvalue weighted by molar-refractivity contribution is 0.0270. The van der Waals surface area contributed by atoms with E-state index in [1.54, 1.807) is 18.2 Å². The van der Waals surface area contributed by atoms with Crippen molar-refractivity contribution in [1.82, 2.24) is 5.48 Å². The van der Waals surface area contributed by atoms with Crippen molar-refractivity contribution in [2.75, 3.05) is 11.9 Å². The lowest BCUT2D eigenvalue weighted by Gasteiger charge is -2.15. The topological polar surface area (TPSA) is 50.4 Å². The van der Waals surface area contributed by atoms with Crippen LogP contribution < -0.4 is 10.8 Å². The van der Waals surface area contributed by atoms with Crippen molar-refractivity contribution in [3.63, 3.8) is 0 Å². The molecule has 0 aliphatic heterocycles. The maximum atomic E-state index is 14.3. The number of amides is 1. The second kappa shape index (κ2) is 12.4. The third-order valence-corrected chi connectivity index (χ3v) is 4.22. The summed E-state index contributed by atoms with van der Waals surface area (Å²) >= 11 is 6.12. The molecule has 2 N–H and O–H groups in total. The number of carbonyl (C=O) groups excluding carboxylic acids is 1. The number of benzene rings is 2. The van der Waals surface area contributed by atoms with Gasteiger partial charge in [0.1, 0.15) is 0 Å². The van der Waals surface area contributed by atoms with Gasteiger partial charge in [-0.3, -0.25) is 9.63 Å². The molecule has 1 fully saturated rings. The van der Waals surface area contributed by atoms with Gasteiger partial charge in [-0.25, -0.2) is 14.3 Å². The highest BCUT2D eigenvalue weighted by molar-refractivity contribution is 6.33. The minimum absolute atomic E-state index is 0.0775. The third-order valence-electron chi connectivity index (χ3n) is 3.90. The summed E-state index contributed by atoms with van der Waals surface area (Å²) < 4.78 is 27.9. The Balaban J connectivity index is 0.000000989.